The maximum atomic E-state index is 8.94. The van der Waals surface area contributed by atoms with Crippen molar-refractivity contribution in [2.45, 2.75) is 25.5 Å². The van der Waals surface area contributed by atoms with Crippen molar-refractivity contribution in [1.82, 2.24) is 5.32 Å². The summed E-state index contributed by atoms with van der Waals surface area (Å²) in [5, 5.41) is 29.0. The van der Waals surface area contributed by atoms with Crippen LogP contribution in [0.4, 0.5) is 0 Å². The number of hydrogen-bond donors (Lipinski definition) is 4. The van der Waals surface area contributed by atoms with E-state index in [1.807, 2.05) is 0 Å². The molecule has 0 radical (unpaired) electrons. The molecule has 4 nitrogen and oxygen atoms in total. The summed E-state index contributed by atoms with van der Waals surface area (Å²) in [6, 6.07) is -0.109. The van der Waals surface area contributed by atoms with E-state index in [0.717, 1.165) is 0 Å². The summed E-state index contributed by atoms with van der Waals surface area (Å²) < 4.78 is 0. The van der Waals surface area contributed by atoms with E-state index in [4.69, 9.17) is 15.3 Å². The SMILES string of the molecule is CC(O)CC(CO)NCCO. The zero-order valence-electron chi connectivity index (χ0n) is 6.82. The molecule has 0 spiro atoms. The lowest BCUT2D eigenvalue weighted by Gasteiger charge is -2.16. The van der Waals surface area contributed by atoms with E-state index in [2.05, 4.69) is 5.32 Å². The van der Waals surface area contributed by atoms with Crippen molar-refractivity contribution in [1.29, 1.82) is 0 Å². The van der Waals surface area contributed by atoms with Crippen LogP contribution in [0, 0.1) is 0 Å². The lowest BCUT2D eigenvalue weighted by Crippen LogP contribution is -2.36. The third-order valence-corrected chi connectivity index (χ3v) is 1.39. The summed E-state index contributed by atoms with van der Waals surface area (Å²) in [6.45, 7) is 2.17. The minimum absolute atomic E-state index is 0.00903. The molecule has 0 rings (SSSR count). The van der Waals surface area contributed by atoms with Crippen molar-refractivity contribution < 1.29 is 15.3 Å². The summed E-state index contributed by atoms with van der Waals surface area (Å²) in [4.78, 5) is 0. The van der Waals surface area contributed by atoms with Crippen LogP contribution in [0.2, 0.25) is 0 Å². The predicted molar refractivity (Wildman–Crippen MR) is 42.3 cm³/mol. The molecule has 0 aromatic rings. The van der Waals surface area contributed by atoms with Gasteiger partial charge in [0.15, 0.2) is 0 Å². The molecule has 0 aliphatic carbocycles. The van der Waals surface area contributed by atoms with E-state index < -0.39 is 6.10 Å². The quantitative estimate of drug-likeness (QED) is 0.393. The highest BCUT2D eigenvalue weighted by Gasteiger charge is 2.08. The lowest BCUT2D eigenvalue weighted by atomic mass is 10.1. The van der Waals surface area contributed by atoms with E-state index in [9.17, 15) is 0 Å². The normalized spacial score (nSPS) is 16.4. The van der Waals surface area contributed by atoms with Crippen LogP contribution in [0.5, 0.6) is 0 Å². The summed E-state index contributed by atoms with van der Waals surface area (Å²) in [6.07, 6.45) is 0.0922. The number of aliphatic hydroxyl groups is 3. The van der Waals surface area contributed by atoms with E-state index in [-0.39, 0.29) is 19.3 Å². The minimum Gasteiger partial charge on any atom is -0.395 e. The highest BCUT2D eigenvalue weighted by Crippen LogP contribution is 1.95. The average molecular weight is 163 g/mol. The fourth-order valence-corrected chi connectivity index (χ4v) is 0.903. The van der Waals surface area contributed by atoms with Gasteiger partial charge in [-0.2, -0.15) is 0 Å². The molecule has 11 heavy (non-hydrogen) atoms. The van der Waals surface area contributed by atoms with Crippen LogP contribution in [-0.4, -0.2) is 47.2 Å². The topological polar surface area (TPSA) is 72.7 Å². The van der Waals surface area contributed by atoms with Gasteiger partial charge in [0.2, 0.25) is 0 Å². The van der Waals surface area contributed by atoms with Gasteiger partial charge in [-0.25, -0.2) is 0 Å². The van der Waals surface area contributed by atoms with Crippen molar-refractivity contribution in [3.05, 3.63) is 0 Å². The Morgan fingerprint density at radius 3 is 2.36 bits per heavy atom. The van der Waals surface area contributed by atoms with Crippen molar-refractivity contribution in [2.75, 3.05) is 19.8 Å². The molecule has 0 fully saturated rings. The Morgan fingerprint density at radius 1 is 1.36 bits per heavy atom. The van der Waals surface area contributed by atoms with Gasteiger partial charge in [0.25, 0.3) is 0 Å². The van der Waals surface area contributed by atoms with Gasteiger partial charge in [-0.15, -0.1) is 0 Å². The lowest BCUT2D eigenvalue weighted by molar-refractivity contribution is 0.139. The third-order valence-electron chi connectivity index (χ3n) is 1.39. The Morgan fingerprint density at radius 2 is 2.00 bits per heavy atom. The van der Waals surface area contributed by atoms with Crippen LogP contribution in [-0.2, 0) is 0 Å². The van der Waals surface area contributed by atoms with Gasteiger partial charge in [-0.3, -0.25) is 0 Å². The molecule has 4 N–H and O–H groups in total. The molecule has 0 saturated heterocycles. The molecule has 2 unspecified atom stereocenters. The summed E-state index contributed by atoms with van der Waals surface area (Å²) >= 11 is 0. The zero-order valence-corrected chi connectivity index (χ0v) is 6.82. The molecule has 0 aliphatic heterocycles. The van der Waals surface area contributed by atoms with Crippen LogP contribution in [0.25, 0.3) is 0 Å². The van der Waals surface area contributed by atoms with Crippen LogP contribution in [0.15, 0.2) is 0 Å². The predicted octanol–water partition coefficient (Wildman–Crippen LogP) is -1.30. The molecule has 0 bridgehead atoms. The van der Waals surface area contributed by atoms with Gasteiger partial charge in [0.1, 0.15) is 0 Å². The first-order chi connectivity index (χ1) is 5.20. The minimum atomic E-state index is -0.418. The molecule has 0 aromatic heterocycles. The molecule has 68 valence electrons. The summed E-state index contributed by atoms with van der Waals surface area (Å²) in [5.41, 5.74) is 0. The Kier molecular flexibility index (Phi) is 6.45. The van der Waals surface area contributed by atoms with Crippen LogP contribution >= 0.6 is 0 Å². The fourth-order valence-electron chi connectivity index (χ4n) is 0.903. The molecule has 4 heteroatoms. The van der Waals surface area contributed by atoms with Crippen molar-refractivity contribution in [3.63, 3.8) is 0 Å². The number of nitrogens with one attached hydrogen (secondary N) is 1. The van der Waals surface area contributed by atoms with Gasteiger partial charge in [-0.1, -0.05) is 0 Å². The number of rotatable bonds is 6. The Balaban J connectivity index is 3.41. The highest BCUT2D eigenvalue weighted by atomic mass is 16.3. The fraction of sp³-hybridized carbons (Fsp3) is 1.00. The Bertz CT molecular complexity index is 87.8. The van der Waals surface area contributed by atoms with E-state index >= 15 is 0 Å². The standard InChI is InChI=1S/C7H17NO3/c1-6(11)4-7(5-10)8-2-3-9/h6-11H,2-5H2,1H3. The molecule has 0 saturated carbocycles. The second-order valence-electron chi connectivity index (χ2n) is 2.64. The van der Waals surface area contributed by atoms with Gasteiger partial charge >= 0.3 is 0 Å². The van der Waals surface area contributed by atoms with E-state index in [1.54, 1.807) is 6.92 Å². The van der Waals surface area contributed by atoms with Gasteiger partial charge in [0.05, 0.1) is 19.3 Å². The first kappa shape index (κ1) is 10.8. The average Bonchev–Trinajstić information content (AvgIpc) is 1.97. The molecule has 0 amide bonds. The maximum Gasteiger partial charge on any atom is 0.0585 e. The molecular weight excluding hydrogens is 146 g/mol. The smallest absolute Gasteiger partial charge is 0.0585 e. The van der Waals surface area contributed by atoms with Crippen LogP contribution in [0.3, 0.4) is 0 Å². The molecule has 0 heterocycles. The Labute approximate surface area is 66.9 Å². The largest absolute Gasteiger partial charge is 0.395 e. The summed E-state index contributed by atoms with van der Waals surface area (Å²) in [7, 11) is 0. The van der Waals surface area contributed by atoms with Crippen molar-refractivity contribution in [2.24, 2.45) is 0 Å². The van der Waals surface area contributed by atoms with Gasteiger partial charge < -0.3 is 20.6 Å². The van der Waals surface area contributed by atoms with Crippen molar-refractivity contribution >= 4 is 0 Å². The molecular formula is C7H17NO3. The van der Waals surface area contributed by atoms with Crippen LogP contribution < -0.4 is 5.32 Å². The Hall–Kier alpha value is -0.160. The zero-order chi connectivity index (χ0) is 8.69. The molecule has 2 atom stereocenters. The number of hydrogen-bond acceptors (Lipinski definition) is 4. The van der Waals surface area contributed by atoms with E-state index in [1.165, 1.54) is 0 Å². The van der Waals surface area contributed by atoms with Crippen molar-refractivity contribution in [3.8, 4) is 0 Å². The number of aliphatic hydroxyl groups excluding tert-OH is 3. The third kappa shape index (κ3) is 6.25. The van der Waals surface area contributed by atoms with Gasteiger partial charge in [-0.05, 0) is 13.3 Å². The van der Waals surface area contributed by atoms with Gasteiger partial charge in [0, 0.05) is 12.6 Å². The summed E-state index contributed by atoms with van der Waals surface area (Å²) in [5.74, 6) is 0. The second-order valence-corrected chi connectivity index (χ2v) is 2.64. The molecule has 0 aliphatic rings. The second kappa shape index (κ2) is 6.54. The first-order valence-corrected chi connectivity index (χ1v) is 3.83. The highest BCUT2D eigenvalue weighted by molar-refractivity contribution is 4.67. The monoisotopic (exact) mass is 163 g/mol. The molecule has 0 aromatic carbocycles. The first-order valence-electron chi connectivity index (χ1n) is 3.83. The van der Waals surface area contributed by atoms with Crippen LogP contribution in [0.1, 0.15) is 13.3 Å². The maximum absolute atomic E-state index is 8.94. The van der Waals surface area contributed by atoms with E-state index in [0.29, 0.717) is 13.0 Å².